The van der Waals surface area contributed by atoms with Crippen LogP contribution in [0.3, 0.4) is 0 Å². The predicted molar refractivity (Wildman–Crippen MR) is 91.0 cm³/mol. The van der Waals surface area contributed by atoms with Gasteiger partial charge in [-0.15, -0.1) is 0 Å². The van der Waals surface area contributed by atoms with Crippen LogP contribution in [0.4, 0.5) is 11.9 Å². The quantitative estimate of drug-likeness (QED) is 0.559. The molecule has 0 saturated carbocycles. The van der Waals surface area contributed by atoms with Crippen LogP contribution in [0.1, 0.15) is 17.0 Å². The SMILES string of the molecule is Nc1nc(N)nc(CON=C2c3ccccc3-c3ccccc32)n1. The Balaban J connectivity index is 1.65. The highest BCUT2D eigenvalue weighted by molar-refractivity contribution is 6.24. The van der Waals surface area contributed by atoms with E-state index in [1.807, 2.05) is 36.4 Å². The van der Waals surface area contributed by atoms with Crippen molar-refractivity contribution in [1.82, 2.24) is 15.0 Å². The Morgan fingerprint density at radius 3 is 1.79 bits per heavy atom. The molecule has 7 nitrogen and oxygen atoms in total. The number of anilines is 2. The summed E-state index contributed by atoms with van der Waals surface area (Å²) in [6.07, 6.45) is 0. The lowest BCUT2D eigenvalue weighted by Crippen LogP contribution is -2.08. The third kappa shape index (κ3) is 2.41. The number of nitrogens with two attached hydrogens (primary N) is 2. The zero-order chi connectivity index (χ0) is 16.5. The number of oxime groups is 1. The smallest absolute Gasteiger partial charge is 0.225 e. The van der Waals surface area contributed by atoms with E-state index in [4.69, 9.17) is 16.3 Å². The molecule has 4 N–H and O–H groups in total. The van der Waals surface area contributed by atoms with Gasteiger partial charge in [0.2, 0.25) is 11.9 Å². The number of hydrogen-bond donors (Lipinski definition) is 2. The Kier molecular flexibility index (Phi) is 3.31. The van der Waals surface area contributed by atoms with Gasteiger partial charge in [0.1, 0.15) is 5.71 Å². The minimum Gasteiger partial charge on any atom is -0.387 e. The zero-order valence-electron chi connectivity index (χ0n) is 12.7. The third-order valence-corrected chi connectivity index (χ3v) is 3.72. The second kappa shape index (κ2) is 5.62. The molecule has 0 bridgehead atoms. The van der Waals surface area contributed by atoms with Crippen molar-refractivity contribution in [3.63, 3.8) is 0 Å². The van der Waals surface area contributed by atoms with Crippen LogP contribution in [0, 0.1) is 0 Å². The highest BCUT2D eigenvalue weighted by atomic mass is 16.6. The van der Waals surface area contributed by atoms with Crippen LogP contribution in [0.15, 0.2) is 53.7 Å². The molecule has 1 aromatic heterocycles. The lowest BCUT2D eigenvalue weighted by molar-refractivity contribution is 0.125. The molecule has 0 aliphatic heterocycles. The minimum absolute atomic E-state index is 0.0603. The van der Waals surface area contributed by atoms with E-state index < -0.39 is 0 Å². The molecule has 4 rings (SSSR count). The van der Waals surface area contributed by atoms with E-state index in [1.165, 1.54) is 0 Å². The molecule has 0 fully saturated rings. The lowest BCUT2D eigenvalue weighted by Gasteiger charge is -2.03. The van der Waals surface area contributed by atoms with Crippen molar-refractivity contribution >= 4 is 17.6 Å². The summed E-state index contributed by atoms with van der Waals surface area (Å²) in [4.78, 5) is 17.1. The number of benzene rings is 2. The van der Waals surface area contributed by atoms with Gasteiger partial charge in [0.25, 0.3) is 0 Å². The summed E-state index contributed by atoms with van der Waals surface area (Å²) in [5, 5.41) is 4.30. The third-order valence-electron chi connectivity index (χ3n) is 3.72. The van der Waals surface area contributed by atoms with Crippen molar-refractivity contribution < 1.29 is 4.84 Å². The number of rotatable bonds is 3. The standard InChI is InChI=1S/C17H14N6O/c18-16-20-14(21-17(19)22-16)9-24-23-15-12-7-3-1-5-10(12)11-6-2-4-8-13(11)15/h1-8H,9H2,(H4,18,19,20,21,22). The summed E-state index contributed by atoms with van der Waals surface area (Å²) in [6.45, 7) is 0.0603. The molecule has 0 unspecified atom stereocenters. The van der Waals surface area contributed by atoms with Crippen molar-refractivity contribution in [1.29, 1.82) is 0 Å². The first-order chi connectivity index (χ1) is 11.7. The number of nitrogens with zero attached hydrogens (tertiary/aromatic N) is 4. The summed E-state index contributed by atoms with van der Waals surface area (Å²) in [5.74, 6) is 0.458. The average molecular weight is 318 g/mol. The van der Waals surface area contributed by atoms with E-state index in [1.54, 1.807) is 0 Å². The topological polar surface area (TPSA) is 112 Å². The van der Waals surface area contributed by atoms with Gasteiger partial charge in [0.05, 0.1) is 0 Å². The van der Waals surface area contributed by atoms with E-state index in [9.17, 15) is 0 Å². The Morgan fingerprint density at radius 1 is 0.750 bits per heavy atom. The maximum Gasteiger partial charge on any atom is 0.225 e. The van der Waals surface area contributed by atoms with E-state index in [0.717, 1.165) is 28.0 Å². The molecule has 24 heavy (non-hydrogen) atoms. The average Bonchev–Trinajstić information content (AvgIpc) is 2.89. The van der Waals surface area contributed by atoms with Gasteiger partial charge in [-0.3, -0.25) is 0 Å². The highest BCUT2D eigenvalue weighted by Gasteiger charge is 2.24. The molecule has 3 aromatic rings. The van der Waals surface area contributed by atoms with Crippen LogP contribution in [0.5, 0.6) is 0 Å². The maximum atomic E-state index is 5.55. The highest BCUT2D eigenvalue weighted by Crippen LogP contribution is 2.36. The molecule has 1 heterocycles. The zero-order valence-corrected chi connectivity index (χ0v) is 12.7. The monoisotopic (exact) mass is 318 g/mol. The Labute approximate surface area is 138 Å². The molecule has 1 aliphatic carbocycles. The van der Waals surface area contributed by atoms with Crippen molar-refractivity contribution in [3.05, 3.63) is 65.5 Å². The first kappa shape index (κ1) is 14.1. The normalized spacial score (nSPS) is 11.8. The van der Waals surface area contributed by atoms with E-state index in [2.05, 4.69) is 32.2 Å². The van der Waals surface area contributed by atoms with E-state index in [0.29, 0.717) is 5.82 Å². The van der Waals surface area contributed by atoms with Gasteiger partial charge in [-0.1, -0.05) is 53.7 Å². The van der Waals surface area contributed by atoms with E-state index >= 15 is 0 Å². The van der Waals surface area contributed by atoms with Crippen molar-refractivity contribution in [3.8, 4) is 11.1 Å². The van der Waals surface area contributed by atoms with Crippen LogP contribution in [-0.4, -0.2) is 20.7 Å². The number of nitrogen functional groups attached to an aromatic ring is 2. The molecule has 118 valence electrons. The van der Waals surface area contributed by atoms with Crippen molar-refractivity contribution in [2.75, 3.05) is 11.5 Å². The Bertz CT molecular complexity index is 886. The van der Waals surface area contributed by atoms with Crippen LogP contribution in [-0.2, 0) is 11.4 Å². The van der Waals surface area contributed by atoms with Crippen LogP contribution >= 0.6 is 0 Å². The number of hydrogen-bond acceptors (Lipinski definition) is 7. The summed E-state index contributed by atoms with van der Waals surface area (Å²) >= 11 is 0. The molecule has 7 heteroatoms. The maximum absolute atomic E-state index is 5.55. The van der Waals surface area contributed by atoms with Crippen molar-refractivity contribution in [2.24, 2.45) is 5.16 Å². The lowest BCUT2D eigenvalue weighted by atomic mass is 10.1. The van der Waals surface area contributed by atoms with Gasteiger partial charge in [-0.25, -0.2) is 0 Å². The minimum atomic E-state index is 0.0603. The molecule has 0 saturated heterocycles. The summed E-state index contributed by atoms with van der Waals surface area (Å²) in [7, 11) is 0. The molecular formula is C17H14N6O. The molecule has 0 spiro atoms. The van der Waals surface area contributed by atoms with Gasteiger partial charge in [-0.2, -0.15) is 15.0 Å². The van der Waals surface area contributed by atoms with Gasteiger partial charge in [0, 0.05) is 11.1 Å². The van der Waals surface area contributed by atoms with Crippen molar-refractivity contribution in [2.45, 2.75) is 6.61 Å². The van der Waals surface area contributed by atoms with E-state index in [-0.39, 0.29) is 18.5 Å². The van der Waals surface area contributed by atoms with Gasteiger partial charge in [0.15, 0.2) is 12.4 Å². The van der Waals surface area contributed by atoms with Crippen LogP contribution in [0.2, 0.25) is 0 Å². The summed E-state index contributed by atoms with van der Waals surface area (Å²) < 4.78 is 0. The Hall–Kier alpha value is -3.48. The summed E-state index contributed by atoms with van der Waals surface area (Å²) in [5.41, 5.74) is 16.2. The first-order valence-corrected chi connectivity index (χ1v) is 7.37. The fourth-order valence-electron chi connectivity index (χ4n) is 2.77. The second-order valence-corrected chi connectivity index (χ2v) is 5.27. The molecule has 0 atom stereocenters. The molecule has 0 amide bonds. The fourth-order valence-corrected chi connectivity index (χ4v) is 2.77. The van der Waals surface area contributed by atoms with Gasteiger partial charge >= 0.3 is 0 Å². The van der Waals surface area contributed by atoms with Crippen LogP contribution in [0.25, 0.3) is 11.1 Å². The predicted octanol–water partition coefficient (Wildman–Crippen LogP) is 1.99. The molecular weight excluding hydrogens is 304 g/mol. The molecule has 2 aromatic carbocycles. The summed E-state index contributed by atoms with van der Waals surface area (Å²) in [6, 6.07) is 16.2. The first-order valence-electron chi connectivity index (χ1n) is 7.37. The largest absolute Gasteiger partial charge is 0.387 e. The van der Waals surface area contributed by atoms with Gasteiger partial charge < -0.3 is 16.3 Å². The number of aromatic nitrogens is 3. The Morgan fingerprint density at radius 2 is 1.25 bits per heavy atom. The van der Waals surface area contributed by atoms with Crippen LogP contribution < -0.4 is 11.5 Å². The van der Waals surface area contributed by atoms with Gasteiger partial charge in [-0.05, 0) is 11.1 Å². The number of fused-ring (bicyclic) bond motifs is 3. The fraction of sp³-hybridized carbons (Fsp3) is 0.0588. The molecule has 0 radical (unpaired) electrons. The molecule has 1 aliphatic rings. The second-order valence-electron chi connectivity index (χ2n) is 5.27.